The summed E-state index contributed by atoms with van der Waals surface area (Å²) in [6.45, 7) is 3.69. The number of rotatable bonds is 2. The maximum absolute atomic E-state index is 13.2. The third-order valence-corrected chi connectivity index (χ3v) is 3.02. The summed E-state index contributed by atoms with van der Waals surface area (Å²) in [6, 6.07) is 0. The van der Waals surface area contributed by atoms with E-state index in [1.54, 1.807) is 0 Å². The monoisotopic (exact) mass is 244 g/mol. The highest BCUT2D eigenvalue weighted by Gasteiger charge is 2.51. The fourth-order valence-corrected chi connectivity index (χ4v) is 2.53. The number of halogens is 5. The van der Waals surface area contributed by atoms with Crippen LogP contribution >= 0.6 is 0 Å². The Balaban J connectivity index is 2.70. The van der Waals surface area contributed by atoms with Crippen LogP contribution in [0.4, 0.5) is 22.0 Å². The zero-order chi connectivity index (χ0) is 12.6. The lowest BCUT2D eigenvalue weighted by Gasteiger charge is -2.36. The van der Waals surface area contributed by atoms with E-state index in [1.807, 2.05) is 13.8 Å². The van der Waals surface area contributed by atoms with E-state index < -0.39 is 36.8 Å². The van der Waals surface area contributed by atoms with Gasteiger partial charge < -0.3 is 0 Å². The Hall–Kier alpha value is -0.350. The van der Waals surface area contributed by atoms with Crippen LogP contribution in [0.25, 0.3) is 0 Å². The molecule has 16 heavy (non-hydrogen) atoms. The van der Waals surface area contributed by atoms with Gasteiger partial charge in [0, 0.05) is 12.8 Å². The van der Waals surface area contributed by atoms with Gasteiger partial charge in [0.25, 0.3) is 0 Å². The Morgan fingerprint density at radius 2 is 1.75 bits per heavy atom. The molecule has 1 rings (SSSR count). The van der Waals surface area contributed by atoms with Gasteiger partial charge in [0.15, 0.2) is 0 Å². The van der Waals surface area contributed by atoms with E-state index in [4.69, 9.17) is 0 Å². The summed E-state index contributed by atoms with van der Waals surface area (Å²) in [5.74, 6) is -5.33. The molecule has 0 saturated heterocycles. The van der Waals surface area contributed by atoms with Crippen molar-refractivity contribution in [1.82, 2.24) is 0 Å². The van der Waals surface area contributed by atoms with Crippen molar-refractivity contribution in [2.45, 2.75) is 51.6 Å². The first-order chi connectivity index (χ1) is 7.10. The molecule has 0 heterocycles. The van der Waals surface area contributed by atoms with Crippen molar-refractivity contribution in [3.63, 3.8) is 0 Å². The van der Waals surface area contributed by atoms with Crippen molar-refractivity contribution in [3.05, 3.63) is 0 Å². The van der Waals surface area contributed by atoms with Gasteiger partial charge in [0.05, 0.1) is 5.92 Å². The number of hydrogen-bond acceptors (Lipinski definition) is 0. The van der Waals surface area contributed by atoms with E-state index in [1.165, 1.54) is 0 Å². The molecule has 1 aliphatic rings. The van der Waals surface area contributed by atoms with Gasteiger partial charge in [-0.25, -0.2) is 8.78 Å². The molecule has 0 N–H and O–H groups in total. The van der Waals surface area contributed by atoms with Crippen molar-refractivity contribution >= 4 is 0 Å². The molecule has 0 amide bonds. The molecule has 0 radical (unpaired) electrons. The van der Waals surface area contributed by atoms with Crippen molar-refractivity contribution in [3.8, 4) is 0 Å². The summed E-state index contributed by atoms with van der Waals surface area (Å²) in [7, 11) is 0. The van der Waals surface area contributed by atoms with Crippen LogP contribution in [-0.4, -0.2) is 12.1 Å². The molecule has 0 unspecified atom stereocenters. The Morgan fingerprint density at radius 1 is 1.19 bits per heavy atom. The molecule has 0 spiro atoms. The minimum Gasteiger partial charge on any atom is -0.207 e. The van der Waals surface area contributed by atoms with Crippen molar-refractivity contribution in [1.29, 1.82) is 0 Å². The molecule has 0 aliphatic heterocycles. The van der Waals surface area contributed by atoms with Crippen LogP contribution < -0.4 is 0 Å². The van der Waals surface area contributed by atoms with Gasteiger partial charge in [-0.1, -0.05) is 13.8 Å². The predicted octanol–water partition coefficient (Wildman–Crippen LogP) is 4.65. The average Bonchev–Trinajstić information content (AvgIpc) is 1.97. The molecular weight excluding hydrogens is 227 g/mol. The summed E-state index contributed by atoms with van der Waals surface area (Å²) in [4.78, 5) is 0. The lowest BCUT2D eigenvalue weighted by molar-refractivity contribution is -0.214. The Kier molecular flexibility index (Phi) is 3.85. The van der Waals surface area contributed by atoms with Crippen LogP contribution in [0.5, 0.6) is 0 Å². The van der Waals surface area contributed by atoms with Crippen LogP contribution in [0.3, 0.4) is 0 Å². The zero-order valence-electron chi connectivity index (χ0n) is 9.45. The average molecular weight is 244 g/mol. The van der Waals surface area contributed by atoms with E-state index in [0.717, 1.165) is 0 Å². The second kappa shape index (κ2) is 4.49. The largest absolute Gasteiger partial charge is 0.392 e. The van der Waals surface area contributed by atoms with Gasteiger partial charge in [-0.05, 0) is 24.7 Å². The Labute approximate surface area is 92.2 Å². The third kappa shape index (κ3) is 3.91. The van der Waals surface area contributed by atoms with Crippen LogP contribution in [0, 0.1) is 17.8 Å². The topological polar surface area (TPSA) is 0 Å². The first-order valence-electron chi connectivity index (χ1n) is 5.54. The van der Waals surface area contributed by atoms with Crippen LogP contribution in [0.15, 0.2) is 0 Å². The highest BCUT2D eigenvalue weighted by molar-refractivity contribution is 4.87. The fourth-order valence-electron chi connectivity index (χ4n) is 2.53. The van der Waals surface area contributed by atoms with E-state index >= 15 is 0 Å². The van der Waals surface area contributed by atoms with Crippen molar-refractivity contribution in [2.75, 3.05) is 0 Å². The smallest absolute Gasteiger partial charge is 0.207 e. The lowest BCUT2D eigenvalue weighted by atomic mass is 9.75. The SMILES string of the molecule is CC(C)C[C@@H]1C[C@H](C(F)(F)F)CC(F)(F)C1. The molecule has 1 fully saturated rings. The summed E-state index contributed by atoms with van der Waals surface area (Å²) in [5, 5.41) is 0. The number of alkyl halides is 5. The zero-order valence-corrected chi connectivity index (χ0v) is 9.45. The molecule has 0 nitrogen and oxygen atoms in total. The normalized spacial score (nSPS) is 30.8. The van der Waals surface area contributed by atoms with Crippen LogP contribution in [0.1, 0.15) is 39.5 Å². The summed E-state index contributed by atoms with van der Waals surface area (Å²) >= 11 is 0. The van der Waals surface area contributed by atoms with E-state index in [2.05, 4.69) is 0 Å². The van der Waals surface area contributed by atoms with Crippen LogP contribution in [0.2, 0.25) is 0 Å². The first-order valence-corrected chi connectivity index (χ1v) is 5.54. The molecule has 96 valence electrons. The van der Waals surface area contributed by atoms with Gasteiger partial charge in [-0.3, -0.25) is 0 Å². The highest BCUT2D eigenvalue weighted by atomic mass is 19.4. The molecule has 0 aromatic carbocycles. The molecule has 2 atom stereocenters. The first kappa shape index (κ1) is 13.7. The van der Waals surface area contributed by atoms with Crippen molar-refractivity contribution in [2.24, 2.45) is 17.8 Å². The van der Waals surface area contributed by atoms with Gasteiger partial charge in [0.2, 0.25) is 5.92 Å². The second-order valence-electron chi connectivity index (χ2n) is 5.23. The third-order valence-electron chi connectivity index (χ3n) is 3.02. The summed E-state index contributed by atoms with van der Waals surface area (Å²) in [5.41, 5.74) is 0. The van der Waals surface area contributed by atoms with Gasteiger partial charge in [-0.15, -0.1) is 0 Å². The second-order valence-corrected chi connectivity index (χ2v) is 5.23. The molecule has 5 heteroatoms. The maximum atomic E-state index is 13.2. The molecule has 0 aromatic rings. The van der Waals surface area contributed by atoms with Crippen LogP contribution in [-0.2, 0) is 0 Å². The highest BCUT2D eigenvalue weighted by Crippen LogP contribution is 2.47. The Morgan fingerprint density at radius 3 is 2.19 bits per heavy atom. The van der Waals surface area contributed by atoms with Gasteiger partial charge >= 0.3 is 6.18 Å². The number of hydrogen-bond donors (Lipinski definition) is 0. The lowest BCUT2D eigenvalue weighted by Crippen LogP contribution is -2.38. The fraction of sp³-hybridized carbons (Fsp3) is 1.00. The standard InChI is InChI=1S/C11H17F5/c1-7(2)3-8-4-9(11(14,15)16)6-10(12,13)5-8/h7-9H,3-6H2,1-2H3/t8-,9+/m1/s1. The quantitative estimate of drug-likeness (QED) is 0.620. The van der Waals surface area contributed by atoms with E-state index in [0.29, 0.717) is 6.42 Å². The molecular formula is C11H17F5. The summed E-state index contributed by atoms with van der Waals surface area (Å²) < 4.78 is 63.8. The van der Waals surface area contributed by atoms with E-state index in [9.17, 15) is 22.0 Å². The Bertz CT molecular complexity index is 231. The molecule has 0 bridgehead atoms. The van der Waals surface area contributed by atoms with Crippen molar-refractivity contribution < 1.29 is 22.0 Å². The van der Waals surface area contributed by atoms with Gasteiger partial charge in [-0.2, -0.15) is 13.2 Å². The molecule has 1 saturated carbocycles. The van der Waals surface area contributed by atoms with Gasteiger partial charge in [0.1, 0.15) is 0 Å². The van der Waals surface area contributed by atoms with E-state index in [-0.39, 0.29) is 12.3 Å². The molecule has 0 aromatic heterocycles. The summed E-state index contributed by atoms with van der Waals surface area (Å²) in [6.07, 6.45) is -5.61. The molecule has 1 aliphatic carbocycles. The minimum absolute atomic E-state index is 0.142. The minimum atomic E-state index is -4.49. The maximum Gasteiger partial charge on any atom is 0.392 e. The predicted molar refractivity (Wildman–Crippen MR) is 51.3 cm³/mol.